The number of rotatable bonds is 6. The Balaban J connectivity index is 2.07. The molecular formula is C10H11BrN4O4S2. The second kappa shape index (κ2) is 6.22. The highest BCUT2D eigenvalue weighted by atomic mass is 79.9. The van der Waals surface area contributed by atoms with E-state index in [1.165, 1.54) is 23.6 Å². The number of aryl methyl sites for hydroxylation is 1. The van der Waals surface area contributed by atoms with E-state index in [0.717, 1.165) is 8.47 Å². The van der Waals surface area contributed by atoms with Gasteiger partial charge >= 0.3 is 5.97 Å². The number of hydrogen-bond acceptors (Lipinski definition) is 6. The fraction of sp³-hybridized carbons (Fsp3) is 0.300. The number of aromatic nitrogens is 3. The van der Waals surface area contributed by atoms with Crippen LogP contribution in [0.2, 0.25) is 0 Å². The number of carboxylic acid groups (broad SMARTS) is 1. The number of nitrogens with zero attached hydrogens (tertiary/aromatic N) is 3. The quantitative estimate of drug-likeness (QED) is 0.754. The fourth-order valence-electron chi connectivity index (χ4n) is 1.58. The first-order chi connectivity index (χ1) is 9.78. The molecule has 2 aromatic rings. The maximum Gasteiger partial charge on any atom is 0.325 e. The van der Waals surface area contributed by atoms with Gasteiger partial charge in [-0.3, -0.25) is 4.79 Å². The molecule has 0 aliphatic carbocycles. The Morgan fingerprint density at radius 1 is 1.57 bits per heavy atom. The zero-order valence-corrected chi connectivity index (χ0v) is 14.0. The summed E-state index contributed by atoms with van der Waals surface area (Å²) in [6.45, 7) is 1.33. The van der Waals surface area contributed by atoms with Crippen LogP contribution < -0.4 is 4.72 Å². The van der Waals surface area contributed by atoms with Crippen molar-refractivity contribution in [2.75, 3.05) is 0 Å². The Hall–Kier alpha value is -1.30. The molecule has 0 aliphatic rings. The Morgan fingerprint density at radius 2 is 2.29 bits per heavy atom. The van der Waals surface area contributed by atoms with Crippen LogP contribution in [0.15, 0.2) is 20.9 Å². The SMILES string of the molecule is Cc1sc(Br)cc1S(=O)(=O)NCc1cn(CC(=O)O)nn1. The predicted octanol–water partition coefficient (Wildman–Crippen LogP) is 0.974. The Morgan fingerprint density at radius 3 is 2.86 bits per heavy atom. The molecule has 0 bridgehead atoms. The number of carboxylic acids is 1. The van der Waals surface area contributed by atoms with E-state index in [1.807, 2.05) is 0 Å². The summed E-state index contributed by atoms with van der Waals surface area (Å²) < 4.78 is 28.6. The molecule has 0 saturated carbocycles. The monoisotopic (exact) mass is 394 g/mol. The molecule has 8 nitrogen and oxygen atoms in total. The second-order valence-corrected chi connectivity index (χ2v) is 8.47. The summed E-state index contributed by atoms with van der Waals surface area (Å²) in [5.41, 5.74) is 0.340. The third-order valence-corrected chi connectivity index (χ3v) is 5.67. The summed E-state index contributed by atoms with van der Waals surface area (Å²) in [6.07, 6.45) is 1.38. The van der Waals surface area contributed by atoms with Gasteiger partial charge in [0.1, 0.15) is 6.54 Å². The van der Waals surface area contributed by atoms with Crippen molar-refractivity contribution < 1.29 is 18.3 Å². The van der Waals surface area contributed by atoms with Gasteiger partial charge in [-0.25, -0.2) is 17.8 Å². The van der Waals surface area contributed by atoms with E-state index in [9.17, 15) is 13.2 Å². The largest absolute Gasteiger partial charge is 0.480 e. The molecule has 114 valence electrons. The molecule has 21 heavy (non-hydrogen) atoms. The highest BCUT2D eigenvalue weighted by Crippen LogP contribution is 2.29. The number of halogens is 1. The van der Waals surface area contributed by atoms with Crippen LogP contribution in [0.1, 0.15) is 10.6 Å². The van der Waals surface area contributed by atoms with Crippen LogP contribution in [0.3, 0.4) is 0 Å². The average Bonchev–Trinajstić information content (AvgIpc) is 2.93. The van der Waals surface area contributed by atoms with Crippen LogP contribution in [-0.4, -0.2) is 34.5 Å². The number of thiophene rings is 1. The Kier molecular flexibility index (Phi) is 4.76. The summed E-state index contributed by atoms with van der Waals surface area (Å²) in [4.78, 5) is 11.4. The van der Waals surface area contributed by atoms with E-state index in [1.54, 1.807) is 6.92 Å². The van der Waals surface area contributed by atoms with Crippen molar-refractivity contribution in [2.24, 2.45) is 0 Å². The van der Waals surface area contributed by atoms with Crippen molar-refractivity contribution in [3.63, 3.8) is 0 Å². The maximum atomic E-state index is 12.1. The van der Waals surface area contributed by atoms with Crippen LogP contribution in [0.5, 0.6) is 0 Å². The standard InChI is InChI=1S/C10H11BrN4O4S2/c1-6-8(2-9(11)20-6)21(18,19)12-3-7-4-15(14-13-7)5-10(16)17/h2,4,12H,3,5H2,1H3,(H,16,17). The third kappa shape index (κ3) is 4.09. The molecule has 2 rings (SSSR count). The summed E-state index contributed by atoms with van der Waals surface area (Å²) in [7, 11) is -3.65. The molecule has 0 saturated heterocycles. The van der Waals surface area contributed by atoms with Crippen LogP contribution in [-0.2, 0) is 27.9 Å². The van der Waals surface area contributed by atoms with Crippen molar-refractivity contribution in [3.8, 4) is 0 Å². The summed E-state index contributed by atoms with van der Waals surface area (Å²) >= 11 is 4.57. The van der Waals surface area contributed by atoms with Gasteiger partial charge in [-0.05, 0) is 28.9 Å². The van der Waals surface area contributed by atoms with Gasteiger partial charge in [-0.1, -0.05) is 5.21 Å². The first-order valence-electron chi connectivity index (χ1n) is 5.64. The summed E-state index contributed by atoms with van der Waals surface area (Å²) in [6, 6.07) is 1.53. The van der Waals surface area contributed by atoms with Gasteiger partial charge in [0.15, 0.2) is 0 Å². The molecule has 0 atom stereocenters. The molecule has 2 aromatic heterocycles. The van der Waals surface area contributed by atoms with Gasteiger partial charge in [0.2, 0.25) is 10.0 Å². The lowest BCUT2D eigenvalue weighted by atomic mass is 10.5. The van der Waals surface area contributed by atoms with Gasteiger partial charge in [0.25, 0.3) is 0 Å². The molecule has 0 amide bonds. The Bertz CT molecular complexity index is 768. The summed E-state index contributed by atoms with van der Waals surface area (Å²) in [5, 5.41) is 15.9. The molecule has 0 fully saturated rings. The number of aliphatic carboxylic acids is 1. The van der Waals surface area contributed by atoms with Crippen molar-refractivity contribution in [2.45, 2.75) is 24.9 Å². The van der Waals surface area contributed by atoms with E-state index in [2.05, 4.69) is 31.0 Å². The van der Waals surface area contributed by atoms with Gasteiger partial charge in [0, 0.05) is 4.88 Å². The van der Waals surface area contributed by atoms with Crippen molar-refractivity contribution in [1.29, 1.82) is 0 Å². The minimum Gasteiger partial charge on any atom is -0.480 e. The number of hydrogen-bond donors (Lipinski definition) is 2. The van der Waals surface area contributed by atoms with Gasteiger partial charge < -0.3 is 5.11 Å². The highest BCUT2D eigenvalue weighted by Gasteiger charge is 2.19. The number of carbonyl (C=O) groups is 1. The maximum absolute atomic E-state index is 12.1. The minimum atomic E-state index is -3.65. The molecule has 11 heteroatoms. The van der Waals surface area contributed by atoms with Gasteiger partial charge in [-0.2, -0.15) is 0 Å². The van der Waals surface area contributed by atoms with Crippen molar-refractivity contribution in [3.05, 3.63) is 26.6 Å². The van der Waals surface area contributed by atoms with Crippen LogP contribution in [0.4, 0.5) is 0 Å². The predicted molar refractivity (Wildman–Crippen MR) is 78.4 cm³/mol. The molecule has 0 spiro atoms. The molecule has 0 radical (unpaired) electrons. The molecule has 0 aromatic carbocycles. The minimum absolute atomic E-state index is 0.0607. The molecule has 0 unspecified atom stereocenters. The third-order valence-electron chi connectivity index (χ3n) is 2.46. The molecule has 0 aliphatic heterocycles. The van der Waals surface area contributed by atoms with Crippen molar-refractivity contribution in [1.82, 2.24) is 19.7 Å². The molecule has 2 N–H and O–H groups in total. The van der Waals surface area contributed by atoms with Crippen molar-refractivity contribution >= 4 is 43.3 Å². The van der Waals surface area contributed by atoms with E-state index < -0.39 is 16.0 Å². The molecule has 2 heterocycles. The first kappa shape index (κ1) is 16.1. The van der Waals surface area contributed by atoms with E-state index in [0.29, 0.717) is 10.6 Å². The number of sulfonamides is 1. The summed E-state index contributed by atoms with van der Waals surface area (Å²) in [5.74, 6) is -1.05. The normalized spacial score (nSPS) is 11.7. The van der Waals surface area contributed by atoms with Crippen LogP contribution >= 0.6 is 27.3 Å². The van der Waals surface area contributed by atoms with E-state index in [4.69, 9.17) is 5.11 Å². The molecular weight excluding hydrogens is 384 g/mol. The highest BCUT2D eigenvalue weighted by molar-refractivity contribution is 9.11. The lowest BCUT2D eigenvalue weighted by Gasteiger charge is -2.03. The number of nitrogens with one attached hydrogen (secondary N) is 1. The lowest BCUT2D eigenvalue weighted by Crippen LogP contribution is -2.23. The smallest absolute Gasteiger partial charge is 0.325 e. The zero-order valence-electron chi connectivity index (χ0n) is 10.8. The Labute approximate surface area is 133 Å². The van der Waals surface area contributed by atoms with E-state index >= 15 is 0 Å². The lowest BCUT2D eigenvalue weighted by molar-refractivity contribution is -0.137. The second-order valence-electron chi connectivity index (χ2n) is 4.10. The van der Waals surface area contributed by atoms with Gasteiger partial charge in [-0.15, -0.1) is 16.4 Å². The van der Waals surface area contributed by atoms with E-state index in [-0.39, 0.29) is 18.0 Å². The zero-order chi connectivity index (χ0) is 15.6. The van der Waals surface area contributed by atoms with Crippen LogP contribution in [0, 0.1) is 6.92 Å². The topological polar surface area (TPSA) is 114 Å². The van der Waals surface area contributed by atoms with Crippen LogP contribution in [0.25, 0.3) is 0 Å². The first-order valence-corrected chi connectivity index (χ1v) is 8.73. The average molecular weight is 395 g/mol. The fourth-order valence-corrected chi connectivity index (χ4v) is 4.99. The van der Waals surface area contributed by atoms with Gasteiger partial charge in [0.05, 0.1) is 27.1 Å².